The second-order valence-corrected chi connectivity index (χ2v) is 3.55. The molecule has 0 aliphatic carbocycles. The van der Waals surface area contributed by atoms with E-state index in [1.54, 1.807) is 6.92 Å². The van der Waals surface area contributed by atoms with Gasteiger partial charge in [-0.2, -0.15) is 5.26 Å². The standard InChI is InChI=1S/C12H11F2NO/c1-8(6-7-15)11(16)9-2-4-10(5-3-9)12(13)14/h2-5,8,12H,6H2,1H3. The Bertz CT molecular complexity index is 406. The minimum atomic E-state index is -2.53. The molecule has 16 heavy (non-hydrogen) atoms. The van der Waals surface area contributed by atoms with Gasteiger partial charge in [0.2, 0.25) is 0 Å². The molecule has 1 atom stereocenters. The smallest absolute Gasteiger partial charge is 0.263 e. The Morgan fingerprint density at radius 3 is 2.38 bits per heavy atom. The van der Waals surface area contributed by atoms with Crippen LogP contribution in [-0.4, -0.2) is 5.78 Å². The monoisotopic (exact) mass is 223 g/mol. The maximum absolute atomic E-state index is 12.3. The van der Waals surface area contributed by atoms with Gasteiger partial charge >= 0.3 is 0 Å². The molecule has 0 spiro atoms. The number of rotatable bonds is 4. The van der Waals surface area contributed by atoms with Gasteiger partial charge in [-0.1, -0.05) is 31.2 Å². The lowest BCUT2D eigenvalue weighted by atomic mass is 9.96. The summed E-state index contributed by atoms with van der Waals surface area (Å²) in [5, 5.41) is 8.45. The van der Waals surface area contributed by atoms with Crippen molar-refractivity contribution in [3.63, 3.8) is 0 Å². The van der Waals surface area contributed by atoms with Gasteiger partial charge in [0.25, 0.3) is 6.43 Å². The second-order valence-electron chi connectivity index (χ2n) is 3.55. The van der Waals surface area contributed by atoms with Crippen LogP contribution in [0, 0.1) is 17.2 Å². The Hall–Kier alpha value is -1.76. The predicted octanol–water partition coefficient (Wildman–Crippen LogP) is 3.36. The van der Waals surface area contributed by atoms with Gasteiger partial charge in [0.05, 0.1) is 6.07 Å². The quantitative estimate of drug-likeness (QED) is 0.734. The van der Waals surface area contributed by atoms with Crippen LogP contribution in [0.2, 0.25) is 0 Å². The van der Waals surface area contributed by atoms with Gasteiger partial charge in [-0.15, -0.1) is 0 Å². The van der Waals surface area contributed by atoms with E-state index in [-0.39, 0.29) is 17.8 Å². The van der Waals surface area contributed by atoms with Gasteiger partial charge in [-0.25, -0.2) is 8.78 Å². The third-order valence-corrected chi connectivity index (χ3v) is 2.29. The van der Waals surface area contributed by atoms with Crippen LogP contribution in [0.3, 0.4) is 0 Å². The molecule has 0 saturated carbocycles. The van der Waals surface area contributed by atoms with Crippen molar-refractivity contribution in [3.05, 3.63) is 35.4 Å². The zero-order valence-corrected chi connectivity index (χ0v) is 8.78. The number of hydrogen-bond acceptors (Lipinski definition) is 2. The lowest BCUT2D eigenvalue weighted by molar-refractivity contribution is 0.0931. The molecule has 0 bridgehead atoms. The Morgan fingerprint density at radius 2 is 1.94 bits per heavy atom. The number of hydrogen-bond donors (Lipinski definition) is 0. The lowest BCUT2D eigenvalue weighted by Gasteiger charge is -2.06. The fourth-order valence-electron chi connectivity index (χ4n) is 1.31. The van der Waals surface area contributed by atoms with E-state index in [4.69, 9.17) is 5.26 Å². The molecule has 0 fully saturated rings. The molecule has 0 N–H and O–H groups in total. The number of carbonyl (C=O) groups excluding carboxylic acids is 1. The predicted molar refractivity (Wildman–Crippen MR) is 55.1 cm³/mol. The van der Waals surface area contributed by atoms with Crippen molar-refractivity contribution in [2.45, 2.75) is 19.8 Å². The van der Waals surface area contributed by atoms with E-state index in [0.29, 0.717) is 5.56 Å². The first kappa shape index (κ1) is 12.3. The van der Waals surface area contributed by atoms with E-state index in [0.717, 1.165) is 0 Å². The highest BCUT2D eigenvalue weighted by Crippen LogP contribution is 2.20. The summed E-state index contributed by atoms with van der Waals surface area (Å²) < 4.78 is 24.5. The fraction of sp³-hybridized carbons (Fsp3) is 0.333. The highest BCUT2D eigenvalue weighted by atomic mass is 19.3. The van der Waals surface area contributed by atoms with Crippen LogP contribution >= 0.6 is 0 Å². The van der Waals surface area contributed by atoms with Gasteiger partial charge in [-0.3, -0.25) is 4.79 Å². The topological polar surface area (TPSA) is 40.9 Å². The van der Waals surface area contributed by atoms with E-state index in [2.05, 4.69) is 0 Å². The third kappa shape index (κ3) is 2.86. The Morgan fingerprint density at radius 1 is 1.38 bits per heavy atom. The van der Waals surface area contributed by atoms with E-state index in [1.165, 1.54) is 24.3 Å². The highest BCUT2D eigenvalue weighted by Gasteiger charge is 2.15. The number of nitrogens with zero attached hydrogens (tertiary/aromatic N) is 1. The molecular weight excluding hydrogens is 212 g/mol. The Labute approximate surface area is 92.5 Å². The summed E-state index contributed by atoms with van der Waals surface area (Å²) in [6.07, 6.45) is -2.39. The Kier molecular flexibility index (Phi) is 4.12. The second kappa shape index (κ2) is 5.36. The van der Waals surface area contributed by atoms with Crippen LogP contribution in [0.1, 0.15) is 35.7 Å². The van der Waals surface area contributed by atoms with Crippen LogP contribution in [0.25, 0.3) is 0 Å². The molecule has 4 heteroatoms. The van der Waals surface area contributed by atoms with Gasteiger partial charge in [0.15, 0.2) is 5.78 Å². The SMILES string of the molecule is CC(CC#N)C(=O)c1ccc(C(F)F)cc1. The molecule has 0 aromatic heterocycles. The molecule has 0 aliphatic heterocycles. The van der Waals surface area contributed by atoms with Crippen molar-refractivity contribution in [1.29, 1.82) is 5.26 Å². The molecule has 0 amide bonds. The highest BCUT2D eigenvalue weighted by molar-refractivity contribution is 5.97. The van der Waals surface area contributed by atoms with Crippen molar-refractivity contribution in [2.24, 2.45) is 5.92 Å². The van der Waals surface area contributed by atoms with Crippen LogP contribution in [0.4, 0.5) is 8.78 Å². The number of halogens is 2. The summed E-state index contributed by atoms with van der Waals surface area (Å²) in [6.45, 7) is 1.65. The van der Waals surface area contributed by atoms with E-state index in [9.17, 15) is 13.6 Å². The molecule has 2 nitrogen and oxygen atoms in total. The van der Waals surface area contributed by atoms with Crippen molar-refractivity contribution in [1.82, 2.24) is 0 Å². The van der Waals surface area contributed by atoms with Crippen molar-refractivity contribution >= 4 is 5.78 Å². The first-order valence-corrected chi connectivity index (χ1v) is 4.85. The molecular formula is C12H11F2NO. The molecule has 1 unspecified atom stereocenters. The minimum Gasteiger partial charge on any atom is -0.294 e. The molecule has 1 rings (SSSR count). The number of nitriles is 1. The number of ketones is 1. The van der Waals surface area contributed by atoms with Crippen molar-refractivity contribution in [3.8, 4) is 6.07 Å². The summed E-state index contributed by atoms with van der Waals surface area (Å²) >= 11 is 0. The first-order valence-electron chi connectivity index (χ1n) is 4.85. The van der Waals surface area contributed by atoms with Crippen molar-refractivity contribution in [2.75, 3.05) is 0 Å². The Balaban J connectivity index is 2.82. The maximum Gasteiger partial charge on any atom is 0.263 e. The molecule has 0 saturated heterocycles. The van der Waals surface area contributed by atoms with Crippen LogP contribution < -0.4 is 0 Å². The fourth-order valence-corrected chi connectivity index (χ4v) is 1.31. The number of carbonyl (C=O) groups is 1. The maximum atomic E-state index is 12.3. The molecule has 0 heterocycles. The summed E-state index contributed by atoms with van der Waals surface area (Å²) in [7, 11) is 0. The van der Waals surface area contributed by atoms with Gasteiger partial charge < -0.3 is 0 Å². The molecule has 84 valence electrons. The van der Waals surface area contributed by atoms with Crippen molar-refractivity contribution < 1.29 is 13.6 Å². The van der Waals surface area contributed by atoms with E-state index < -0.39 is 12.3 Å². The number of Topliss-reactive ketones (excluding diaryl/α,β-unsaturated/α-hetero) is 1. The minimum absolute atomic E-state index is 0.107. The lowest BCUT2D eigenvalue weighted by Crippen LogP contribution is -2.10. The zero-order valence-electron chi connectivity index (χ0n) is 8.78. The molecule has 0 aliphatic rings. The summed E-state index contributed by atoms with van der Waals surface area (Å²) in [6, 6.07) is 7.12. The zero-order chi connectivity index (χ0) is 12.1. The van der Waals surface area contributed by atoms with E-state index >= 15 is 0 Å². The van der Waals surface area contributed by atoms with Crippen LogP contribution in [0.5, 0.6) is 0 Å². The molecule has 1 aromatic carbocycles. The van der Waals surface area contributed by atoms with E-state index in [1.807, 2.05) is 6.07 Å². The summed E-state index contributed by atoms with van der Waals surface area (Å²) in [5.74, 6) is -0.593. The van der Waals surface area contributed by atoms with Crippen LogP contribution in [-0.2, 0) is 0 Å². The van der Waals surface area contributed by atoms with Gasteiger partial charge in [-0.05, 0) is 0 Å². The van der Waals surface area contributed by atoms with Gasteiger partial charge in [0.1, 0.15) is 0 Å². The largest absolute Gasteiger partial charge is 0.294 e. The summed E-state index contributed by atoms with van der Waals surface area (Å²) in [4.78, 5) is 11.7. The average molecular weight is 223 g/mol. The number of benzene rings is 1. The van der Waals surface area contributed by atoms with Crippen LogP contribution in [0.15, 0.2) is 24.3 Å². The molecule has 0 radical (unpaired) electrons. The average Bonchev–Trinajstić information content (AvgIpc) is 2.28. The third-order valence-electron chi connectivity index (χ3n) is 2.29. The molecule has 1 aromatic rings. The first-order chi connectivity index (χ1) is 7.56. The summed E-state index contributed by atoms with van der Waals surface area (Å²) in [5.41, 5.74) is 0.261. The van der Waals surface area contributed by atoms with Gasteiger partial charge in [0, 0.05) is 23.5 Å². The number of alkyl halides is 2. The normalized spacial score (nSPS) is 12.2.